The van der Waals surface area contributed by atoms with E-state index in [9.17, 15) is 0 Å². The fraction of sp³-hybridized carbons (Fsp3) is 0.667. The van der Waals surface area contributed by atoms with E-state index < -0.39 is 0 Å². The zero-order valence-electron chi connectivity index (χ0n) is 12.0. The van der Waals surface area contributed by atoms with Crippen LogP contribution in [0.1, 0.15) is 38.4 Å². The highest BCUT2D eigenvalue weighted by Gasteiger charge is 2.28. The van der Waals surface area contributed by atoms with Gasteiger partial charge >= 0.3 is 0 Å². The predicted octanol–water partition coefficient (Wildman–Crippen LogP) is 2.57. The van der Waals surface area contributed by atoms with Gasteiger partial charge in [0.15, 0.2) is 5.96 Å². The standard InChI is InChI=1S/C15H25N3O/c1-15(8-3-4-9-15)12-18-14(16-2)17-10-7-13-6-5-11-19-13/h5-6,11H,3-4,7-10,12H2,1-2H3,(H2,16,17,18). The third-order valence-corrected chi connectivity index (χ3v) is 3.96. The summed E-state index contributed by atoms with van der Waals surface area (Å²) in [5.41, 5.74) is 0.443. The Balaban J connectivity index is 1.68. The number of aliphatic imine (C=N–C) groups is 1. The van der Waals surface area contributed by atoms with Gasteiger partial charge in [-0.05, 0) is 30.4 Å². The Morgan fingerprint density at radius 3 is 2.79 bits per heavy atom. The van der Waals surface area contributed by atoms with Gasteiger partial charge in [-0.3, -0.25) is 4.99 Å². The normalized spacial score (nSPS) is 18.5. The van der Waals surface area contributed by atoms with Crippen molar-refractivity contribution in [2.24, 2.45) is 10.4 Å². The summed E-state index contributed by atoms with van der Waals surface area (Å²) in [6.45, 7) is 4.21. The number of guanidine groups is 1. The number of rotatable bonds is 5. The van der Waals surface area contributed by atoms with Crippen LogP contribution in [0, 0.1) is 5.41 Å². The number of hydrogen-bond acceptors (Lipinski definition) is 2. The second kappa shape index (κ2) is 6.64. The van der Waals surface area contributed by atoms with Gasteiger partial charge < -0.3 is 15.1 Å². The maximum absolute atomic E-state index is 5.31. The van der Waals surface area contributed by atoms with Gasteiger partial charge in [0.1, 0.15) is 5.76 Å². The zero-order chi connectivity index (χ0) is 13.6. The average Bonchev–Trinajstić information content (AvgIpc) is 3.06. The van der Waals surface area contributed by atoms with Crippen LogP contribution in [0.15, 0.2) is 27.8 Å². The third kappa shape index (κ3) is 4.30. The smallest absolute Gasteiger partial charge is 0.191 e. The van der Waals surface area contributed by atoms with Gasteiger partial charge in [0.2, 0.25) is 0 Å². The molecular formula is C15H25N3O. The van der Waals surface area contributed by atoms with Crippen molar-refractivity contribution in [1.82, 2.24) is 10.6 Å². The van der Waals surface area contributed by atoms with Crippen molar-refractivity contribution in [3.8, 4) is 0 Å². The Labute approximate surface area is 115 Å². The fourth-order valence-corrected chi connectivity index (χ4v) is 2.68. The van der Waals surface area contributed by atoms with Crippen molar-refractivity contribution in [3.63, 3.8) is 0 Å². The Hall–Kier alpha value is -1.45. The molecule has 0 radical (unpaired) electrons. The van der Waals surface area contributed by atoms with Crippen LogP contribution in [-0.2, 0) is 6.42 Å². The highest BCUT2D eigenvalue weighted by Crippen LogP contribution is 2.36. The van der Waals surface area contributed by atoms with Gasteiger partial charge in [-0.1, -0.05) is 19.8 Å². The summed E-state index contributed by atoms with van der Waals surface area (Å²) >= 11 is 0. The molecule has 19 heavy (non-hydrogen) atoms. The van der Waals surface area contributed by atoms with Crippen molar-refractivity contribution < 1.29 is 4.42 Å². The summed E-state index contributed by atoms with van der Waals surface area (Å²) in [7, 11) is 1.82. The molecule has 2 rings (SSSR count). The summed E-state index contributed by atoms with van der Waals surface area (Å²) in [6.07, 6.45) is 7.96. The molecule has 0 unspecified atom stereocenters. The molecule has 1 aliphatic rings. The van der Waals surface area contributed by atoms with Crippen molar-refractivity contribution in [2.75, 3.05) is 20.1 Å². The molecule has 0 aromatic carbocycles. The number of nitrogens with one attached hydrogen (secondary N) is 2. The van der Waals surface area contributed by atoms with E-state index >= 15 is 0 Å². The lowest BCUT2D eigenvalue weighted by Crippen LogP contribution is -2.42. The lowest BCUT2D eigenvalue weighted by atomic mass is 9.89. The van der Waals surface area contributed by atoms with Crippen molar-refractivity contribution in [3.05, 3.63) is 24.2 Å². The second-order valence-electron chi connectivity index (χ2n) is 5.70. The van der Waals surface area contributed by atoms with Crippen LogP contribution in [0.2, 0.25) is 0 Å². The highest BCUT2D eigenvalue weighted by atomic mass is 16.3. The molecule has 0 bridgehead atoms. The van der Waals surface area contributed by atoms with Crippen LogP contribution in [0.25, 0.3) is 0 Å². The second-order valence-corrected chi connectivity index (χ2v) is 5.70. The summed E-state index contributed by atoms with van der Waals surface area (Å²) in [5.74, 6) is 1.89. The molecule has 4 nitrogen and oxygen atoms in total. The highest BCUT2D eigenvalue weighted by molar-refractivity contribution is 5.79. The molecule has 1 aromatic heterocycles. The Bertz CT molecular complexity index is 392. The molecular weight excluding hydrogens is 238 g/mol. The molecule has 106 valence electrons. The lowest BCUT2D eigenvalue weighted by molar-refractivity contribution is 0.334. The summed E-state index contributed by atoms with van der Waals surface area (Å²) in [4.78, 5) is 4.26. The van der Waals surface area contributed by atoms with Crippen LogP contribution < -0.4 is 10.6 Å². The SMILES string of the molecule is CN=C(NCCc1ccco1)NCC1(C)CCCC1. The van der Waals surface area contributed by atoms with E-state index in [1.54, 1.807) is 6.26 Å². The van der Waals surface area contributed by atoms with Crippen molar-refractivity contribution in [2.45, 2.75) is 39.0 Å². The summed E-state index contributed by atoms with van der Waals surface area (Å²) in [5, 5.41) is 6.77. The minimum absolute atomic E-state index is 0.443. The first-order valence-electron chi connectivity index (χ1n) is 7.19. The fourth-order valence-electron chi connectivity index (χ4n) is 2.68. The molecule has 0 amide bonds. The number of nitrogens with zero attached hydrogens (tertiary/aromatic N) is 1. The molecule has 0 spiro atoms. The van der Waals surface area contributed by atoms with Crippen LogP contribution in [-0.4, -0.2) is 26.1 Å². The molecule has 1 saturated carbocycles. The minimum Gasteiger partial charge on any atom is -0.469 e. The molecule has 0 saturated heterocycles. The van der Waals surface area contributed by atoms with E-state index in [1.165, 1.54) is 25.7 Å². The van der Waals surface area contributed by atoms with Gasteiger partial charge in [0.25, 0.3) is 0 Å². The molecule has 0 aliphatic heterocycles. The van der Waals surface area contributed by atoms with E-state index in [2.05, 4.69) is 22.5 Å². The van der Waals surface area contributed by atoms with Gasteiger partial charge in [0, 0.05) is 26.6 Å². The van der Waals surface area contributed by atoms with Gasteiger partial charge in [-0.15, -0.1) is 0 Å². The Kier molecular flexibility index (Phi) is 4.88. The van der Waals surface area contributed by atoms with Gasteiger partial charge in [-0.2, -0.15) is 0 Å². The zero-order valence-corrected chi connectivity index (χ0v) is 12.0. The van der Waals surface area contributed by atoms with Crippen LogP contribution in [0.4, 0.5) is 0 Å². The third-order valence-electron chi connectivity index (χ3n) is 3.96. The van der Waals surface area contributed by atoms with Gasteiger partial charge in [-0.25, -0.2) is 0 Å². The first-order chi connectivity index (χ1) is 9.22. The Morgan fingerprint density at radius 1 is 1.37 bits per heavy atom. The maximum atomic E-state index is 5.31. The van der Waals surface area contributed by atoms with E-state index in [0.29, 0.717) is 5.41 Å². The van der Waals surface area contributed by atoms with E-state index in [4.69, 9.17) is 4.42 Å². The maximum Gasteiger partial charge on any atom is 0.191 e. The molecule has 1 aromatic rings. The molecule has 2 N–H and O–H groups in total. The monoisotopic (exact) mass is 263 g/mol. The van der Waals surface area contributed by atoms with Crippen molar-refractivity contribution >= 4 is 5.96 Å². The van der Waals surface area contributed by atoms with Crippen LogP contribution in [0.5, 0.6) is 0 Å². The van der Waals surface area contributed by atoms with Crippen molar-refractivity contribution in [1.29, 1.82) is 0 Å². The number of hydrogen-bond donors (Lipinski definition) is 2. The predicted molar refractivity (Wildman–Crippen MR) is 78.4 cm³/mol. The first kappa shape index (κ1) is 14.0. The minimum atomic E-state index is 0.443. The van der Waals surface area contributed by atoms with E-state index in [1.807, 2.05) is 19.2 Å². The van der Waals surface area contributed by atoms with Crippen LogP contribution in [0.3, 0.4) is 0 Å². The molecule has 0 atom stereocenters. The summed E-state index contributed by atoms with van der Waals surface area (Å²) in [6, 6.07) is 3.92. The quantitative estimate of drug-likeness (QED) is 0.634. The molecule has 4 heteroatoms. The van der Waals surface area contributed by atoms with Crippen LogP contribution >= 0.6 is 0 Å². The van der Waals surface area contributed by atoms with E-state index in [0.717, 1.165) is 31.2 Å². The average molecular weight is 263 g/mol. The topological polar surface area (TPSA) is 49.6 Å². The van der Waals surface area contributed by atoms with Gasteiger partial charge in [0.05, 0.1) is 6.26 Å². The van der Waals surface area contributed by atoms with E-state index in [-0.39, 0.29) is 0 Å². The molecule has 1 aliphatic carbocycles. The summed E-state index contributed by atoms with van der Waals surface area (Å²) < 4.78 is 5.31. The molecule has 1 heterocycles. The largest absolute Gasteiger partial charge is 0.469 e. The lowest BCUT2D eigenvalue weighted by Gasteiger charge is -2.25. The Morgan fingerprint density at radius 2 is 2.16 bits per heavy atom. The molecule has 1 fully saturated rings. The number of furan rings is 1. The first-order valence-corrected chi connectivity index (χ1v) is 7.19.